The van der Waals surface area contributed by atoms with Crippen molar-refractivity contribution in [3.63, 3.8) is 0 Å². The second-order valence-electron chi connectivity index (χ2n) is 9.06. The fourth-order valence-electron chi connectivity index (χ4n) is 5.33. The average Bonchev–Trinajstić information content (AvgIpc) is 3.44. The highest BCUT2D eigenvalue weighted by Gasteiger charge is 2.31. The van der Waals surface area contributed by atoms with E-state index < -0.39 is 0 Å². The lowest BCUT2D eigenvalue weighted by Gasteiger charge is -2.38. The molecule has 3 heterocycles. The highest BCUT2D eigenvalue weighted by Crippen LogP contribution is 2.28. The van der Waals surface area contributed by atoms with Crippen LogP contribution in [0.25, 0.3) is 0 Å². The molecule has 1 aromatic rings. The lowest BCUT2D eigenvalue weighted by Crippen LogP contribution is -2.45. The van der Waals surface area contributed by atoms with Gasteiger partial charge in [0.05, 0.1) is 11.8 Å². The molecule has 0 spiro atoms. The van der Waals surface area contributed by atoms with Crippen LogP contribution in [0.5, 0.6) is 0 Å². The summed E-state index contributed by atoms with van der Waals surface area (Å²) in [6, 6.07) is 2.73. The predicted octanol–water partition coefficient (Wildman–Crippen LogP) is 3.00. The van der Waals surface area contributed by atoms with Crippen molar-refractivity contribution in [3.8, 4) is 0 Å². The summed E-state index contributed by atoms with van der Waals surface area (Å²) >= 11 is 0. The van der Waals surface area contributed by atoms with Crippen LogP contribution >= 0.6 is 0 Å². The van der Waals surface area contributed by atoms with Gasteiger partial charge in [-0.2, -0.15) is 5.10 Å². The van der Waals surface area contributed by atoms with Gasteiger partial charge in [0.25, 0.3) is 5.91 Å². The Morgan fingerprint density at radius 1 is 1.14 bits per heavy atom. The molecule has 1 saturated carbocycles. The van der Waals surface area contributed by atoms with Gasteiger partial charge < -0.3 is 14.5 Å². The lowest BCUT2D eigenvalue weighted by atomic mass is 9.94. The van der Waals surface area contributed by atoms with Gasteiger partial charge >= 0.3 is 0 Å². The number of aromatic nitrogens is 2. The molecule has 1 atom stereocenters. The molecule has 1 unspecified atom stereocenters. The third-order valence-corrected chi connectivity index (χ3v) is 6.93. The van der Waals surface area contributed by atoms with Crippen LogP contribution in [0.15, 0.2) is 6.07 Å². The number of likely N-dealkylation sites (tertiary alicyclic amines) is 1. The van der Waals surface area contributed by atoms with Gasteiger partial charge in [-0.3, -0.25) is 9.48 Å². The minimum atomic E-state index is 0.108. The van der Waals surface area contributed by atoms with Gasteiger partial charge in [0.15, 0.2) is 0 Å². The molecule has 3 aliphatic rings. The molecule has 6 heteroatoms. The second-order valence-corrected chi connectivity index (χ2v) is 9.06. The van der Waals surface area contributed by atoms with E-state index in [0.717, 1.165) is 37.7 Å². The highest BCUT2D eigenvalue weighted by atomic mass is 16.5. The maximum Gasteiger partial charge on any atom is 0.272 e. The molecule has 1 aromatic heterocycles. The van der Waals surface area contributed by atoms with E-state index in [9.17, 15) is 4.79 Å². The van der Waals surface area contributed by atoms with Crippen LogP contribution in [0.1, 0.15) is 67.5 Å². The first-order valence-electron chi connectivity index (χ1n) is 11.3. The van der Waals surface area contributed by atoms with E-state index in [-0.39, 0.29) is 12.0 Å². The molecule has 4 rings (SSSR count). The summed E-state index contributed by atoms with van der Waals surface area (Å²) in [4.78, 5) is 18.1. The van der Waals surface area contributed by atoms with Crippen LogP contribution < -0.4 is 0 Å². The maximum atomic E-state index is 13.3. The molecule has 3 fully saturated rings. The minimum absolute atomic E-state index is 0.108. The van der Waals surface area contributed by atoms with E-state index >= 15 is 0 Å². The van der Waals surface area contributed by atoms with Crippen molar-refractivity contribution < 1.29 is 9.53 Å². The Labute approximate surface area is 169 Å². The number of nitrogens with zero attached hydrogens (tertiary/aromatic N) is 4. The summed E-state index contributed by atoms with van der Waals surface area (Å²) in [5.74, 6) is 0.703. The third-order valence-electron chi connectivity index (χ3n) is 6.93. The average molecular weight is 389 g/mol. The minimum Gasteiger partial charge on any atom is -0.376 e. The van der Waals surface area contributed by atoms with Gasteiger partial charge in [0.2, 0.25) is 0 Å². The van der Waals surface area contributed by atoms with Crippen LogP contribution in [-0.4, -0.2) is 70.4 Å². The molecule has 0 aromatic carbocycles. The molecular formula is C22H36N4O2. The monoisotopic (exact) mass is 388 g/mol. The Morgan fingerprint density at radius 2 is 1.89 bits per heavy atom. The number of ether oxygens (including phenoxy) is 1. The van der Waals surface area contributed by atoms with Gasteiger partial charge in [-0.25, -0.2) is 0 Å². The number of carbonyl (C=O) groups is 1. The Morgan fingerprint density at radius 3 is 2.50 bits per heavy atom. The molecule has 28 heavy (non-hydrogen) atoms. The van der Waals surface area contributed by atoms with E-state index in [2.05, 4.69) is 14.9 Å². The molecule has 2 saturated heterocycles. The Hall–Kier alpha value is -1.40. The van der Waals surface area contributed by atoms with Crippen molar-refractivity contribution in [3.05, 3.63) is 17.5 Å². The zero-order valence-corrected chi connectivity index (χ0v) is 17.6. The van der Waals surface area contributed by atoms with Crippen molar-refractivity contribution in [2.24, 2.45) is 13.0 Å². The first-order valence-corrected chi connectivity index (χ1v) is 11.3. The lowest BCUT2D eigenvalue weighted by molar-refractivity contribution is 0.0421. The SMILES string of the molecule is Cc1cc(C(=O)N(CC2CCN(C3CCCC3)CC2)CC2CCCO2)n(C)n1. The Balaban J connectivity index is 1.39. The number of amides is 1. The van der Waals surface area contributed by atoms with Crippen molar-refractivity contribution in [1.29, 1.82) is 0 Å². The number of piperidine rings is 1. The summed E-state index contributed by atoms with van der Waals surface area (Å²) in [6.07, 6.45) is 10.3. The van der Waals surface area contributed by atoms with E-state index in [1.165, 1.54) is 51.6 Å². The van der Waals surface area contributed by atoms with Gasteiger partial charge in [0, 0.05) is 32.8 Å². The zero-order chi connectivity index (χ0) is 19.5. The van der Waals surface area contributed by atoms with Gasteiger partial charge in [0.1, 0.15) is 5.69 Å². The van der Waals surface area contributed by atoms with Gasteiger partial charge in [-0.15, -0.1) is 0 Å². The third kappa shape index (κ3) is 4.60. The Bertz CT molecular complexity index is 653. The van der Waals surface area contributed by atoms with E-state index in [0.29, 0.717) is 18.2 Å². The molecular weight excluding hydrogens is 352 g/mol. The van der Waals surface area contributed by atoms with Crippen LogP contribution in [0.3, 0.4) is 0 Å². The van der Waals surface area contributed by atoms with Crippen molar-refractivity contribution in [1.82, 2.24) is 19.6 Å². The quantitative estimate of drug-likeness (QED) is 0.752. The van der Waals surface area contributed by atoms with Crippen LogP contribution in [0.2, 0.25) is 0 Å². The molecule has 2 aliphatic heterocycles. The number of hydrogen-bond acceptors (Lipinski definition) is 4. The molecule has 1 aliphatic carbocycles. The fraction of sp³-hybridized carbons (Fsp3) is 0.818. The van der Waals surface area contributed by atoms with Crippen LogP contribution in [-0.2, 0) is 11.8 Å². The van der Waals surface area contributed by atoms with Gasteiger partial charge in [-0.05, 0) is 70.5 Å². The summed E-state index contributed by atoms with van der Waals surface area (Å²) in [5.41, 5.74) is 1.59. The summed E-state index contributed by atoms with van der Waals surface area (Å²) in [5, 5.41) is 4.38. The van der Waals surface area contributed by atoms with E-state index in [1.54, 1.807) is 4.68 Å². The molecule has 156 valence electrons. The first kappa shape index (κ1) is 19.9. The molecule has 0 radical (unpaired) electrons. The molecule has 1 amide bonds. The van der Waals surface area contributed by atoms with Crippen LogP contribution in [0, 0.1) is 12.8 Å². The topological polar surface area (TPSA) is 50.6 Å². The second kappa shape index (κ2) is 8.95. The summed E-state index contributed by atoms with van der Waals surface area (Å²) in [7, 11) is 1.87. The zero-order valence-electron chi connectivity index (χ0n) is 17.6. The van der Waals surface area contributed by atoms with Gasteiger partial charge in [-0.1, -0.05) is 12.8 Å². The normalized spacial score (nSPS) is 24.9. The van der Waals surface area contributed by atoms with Crippen molar-refractivity contribution >= 4 is 5.91 Å². The predicted molar refractivity (Wildman–Crippen MR) is 109 cm³/mol. The smallest absolute Gasteiger partial charge is 0.272 e. The number of hydrogen-bond donors (Lipinski definition) is 0. The fourth-order valence-corrected chi connectivity index (χ4v) is 5.33. The number of carbonyl (C=O) groups excluding carboxylic acids is 1. The van der Waals surface area contributed by atoms with Crippen LogP contribution in [0.4, 0.5) is 0 Å². The number of aryl methyl sites for hydroxylation is 2. The maximum absolute atomic E-state index is 13.3. The number of rotatable bonds is 6. The highest BCUT2D eigenvalue weighted by molar-refractivity contribution is 5.92. The molecule has 6 nitrogen and oxygen atoms in total. The van der Waals surface area contributed by atoms with E-state index in [1.807, 2.05) is 20.0 Å². The Kier molecular flexibility index (Phi) is 6.36. The first-order chi connectivity index (χ1) is 13.6. The van der Waals surface area contributed by atoms with Crippen molar-refractivity contribution in [2.45, 2.75) is 70.4 Å². The summed E-state index contributed by atoms with van der Waals surface area (Å²) < 4.78 is 7.58. The van der Waals surface area contributed by atoms with E-state index in [4.69, 9.17) is 4.74 Å². The largest absolute Gasteiger partial charge is 0.376 e. The molecule has 0 bridgehead atoms. The summed E-state index contributed by atoms with van der Waals surface area (Å²) in [6.45, 7) is 6.73. The van der Waals surface area contributed by atoms with Crippen molar-refractivity contribution in [2.75, 3.05) is 32.8 Å². The standard InChI is InChI=1S/C22H36N4O2/c1-17-14-21(24(2)23-17)22(27)26(16-20-8-5-13-28-20)15-18-9-11-25(12-10-18)19-6-3-4-7-19/h14,18-20H,3-13,15-16H2,1-2H3. The molecule has 0 N–H and O–H groups in total.